The summed E-state index contributed by atoms with van der Waals surface area (Å²) in [6, 6.07) is 3.66. The van der Waals surface area contributed by atoms with Gasteiger partial charge in [0.05, 0.1) is 17.0 Å². The lowest BCUT2D eigenvalue weighted by Crippen LogP contribution is -2.28. The molecule has 0 saturated carbocycles. The van der Waals surface area contributed by atoms with Gasteiger partial charge in [0.1, 0.15) is 5.82 Å². The molecule has 0 aliphatic heterocycles. The van der Waals surface area contributed by atoms with Crippen LogP contribution in [0.2, 0.25) is 0 Å². The smallest absolute Gasteiger partial charge is 0.337 e. The number of aromatic amines is 1. The number of carbonyl (C=O) groups is 1. The number of anilines is 1. The van der Waals surface area contributed by atoms with Crippen LogP contribution >= 0.6 is 0 Å². The lowest BCUT2D eigenvalue weighted by atomic mass is 10.2. The zero-order chi connectivity index (χ0) is 15.6. The number of aromatic carboxylic acids is 1. The lowest BCUT2D eigenvalue weighted by Gasteiger charge is -2.17. The van der Waals surface area contributed by atoms with E-state index in [0.29, 0.717) is 5.82 Å². The number of nitrogen functional groups attached to an aromatic ring is 1. The minimum atomic E-state index is -3.97. The number of carboxylic acid groups (broad SMARTS) is 1. The molecule has 0 aliphatic carbocycles. The summed E-state index contributed by atoms with van der Waals surface area (Å²) < 4.78 is 26.0. The minimum absolute atomic E-state index is 0.00122. The van der Waals surface area contributed by atoms with Crippen LogP contribution < -0.4 is 5.73 Å². The molecule has 1 aromatic heterocycles. The van der Waals surface area contributed by atoms with Crippen molar-refractivity contribution in [2.24, 2.45) is 0 Å². The molecule has 9 heteroatoms. The molecule has 0 unspecified atom stereocenters. The maximum Gasteiger partial charge on any atom is 0.337 e. The van der Waals surface area contributed by atoms with Crippen molar-refractivity contribution < 1.29 is 18.3 Å². The fraction of sp³-hybridized carbons (Fsp3) is 0.167. The monoisotopic (exact) mass is 310 g/mol. The van der Waals surface area contributed by atoms with Gasteiger partial charge in [0.15, 0.2) is 0 Å². The first kappa shape index (κ1) is 15.0. The van der Waals surface area contributed by atoms with Crippen LogP contribution in [0.1, 0.15) is 16.2 Å². The van der Waals surface area contributed by atoms with Crippen LogP contribution in [-0.4, -0.2) is 40.8 Å². The van der Waals surface area contributed by atoms with E-state index in [1.54, 1.807) is 6.20 Å². The van der Waals surface area contributed by atoms with Crippen LogP contribution in [-0.2, 0) is 16.6 Å². The van der Waals surface area contributed by atoms with Crippen LogP contribution in [0.4, 0.5) is 5.69 Å². The molecule has 2 rings (SSSR count). The highest BCUT2D eigenvalue weighted by atomic mass is 32.2. The third kappa shape index (κ3) is 3.03. The number of carboxylic acids is 1. The number of hydrogen-bond acceptors (Lipinski definition) is 5. The maximum atomic E-state index is 12.5. The third-order valence-corrected chi connectivity index (χ3v) is 4.71. The number of sulfonamides is 1. The molecule has 2 aromatic rings. The largest absolute Gasteiger partial charge is 0.478 e. The number of hydrogen-bond donors (Lipinski definition) is 3. The summed E-state index contributed by atoms with van der Waals surface area (Å²) in [5.41, 5.74) is 5.33. The van der Waals surface area contributed by atoms with Crippen molar-refractivity contribution in [3.8, 4) is 0 Å². The topological polar surface area (TPSA) is 129 Å². The van der Waals surface area contributed by atoms with Crippen LogP contribution in [0.3, 0.4) is 0 Å². The van der Waals surface area contributed by atoms with Gasteiger partial charge in [-0.2, -0.15) is 4.31 Å². The predicted molar refractivity (Wildman–Crippen MR) is 75.1 cm³/mol. The summed E-state index contributed by atoms with van der Waals surface area (Å²) in [7, 11) is -2.62. The number of aromatic nitrogens is 2. The Morgan fingerprint density at radius 3 is 2.76 bits per heavy atom. The molecule has 4 N–H and O–H groups in total. The van der Waals surface area contributed by atoms with E-state index in [4.69, 9.17) is 10.8 Å². The average Bonchev–Trinajstić information content (AvgIpc) is 2.91. The maximum absolute atomic E-state index is 12.5. The van der Waals surface area contributed by atoms with Crippen LogP contribution in [0.25, 0.3) is 0 Å². The van der Waals surface area contributed by atoms with Crippen molar-refractivity contribution >= 4 is 21.7 Å². The highest BCUT2D eigenvalue weighted by molar-refractivity contribution is 7.89. The number of rotatable bonds is 5. The van der Waals surface area contributed by atoms with E-state index < -0.39 is 16.0 Å². The molecule has 8 nitrogen and oxygen atoms in total. The second kappa shape index (κ2) is 5.54. The van der Waals surface area contributed by atoms with E-state index in [1.807, 2.05) is 0 Å². The van der Waals surface area contributed by atoms with Gasteiger partial charge in [-0.05, 0) is 18.2 Å². The van der Waals surface area contributed by atoms with E-state index in [0.717, 1.165) is 10.4 Å². The van der Waals surface area contributed by atoms with E-state index in [1.165, 1.54) is 25.4 Å². The zero-order valence-corrected chi connectivity index (χ0v) is 12.0. The van der Waals surface area contributed by atoms with Gasteiger partial charge in [-0.3, -0.25) is 0 Å². The van der Waals surface area contributed by atoms with Crippen molar-refractivity contribution in [1.82, 2.24) is 14.3 Å². The fourth-order valence-corrected chi connectivity index (χ4v) is 3.08. The molecule has 0 spiro atoms. The summed E-state index contributed by atoms with van der Waals surface area (Å²) in [6.45, 7) is -0.00122. The van der Waals surface area contributed by atoms with Gasteiger partial charge in [-0.15, -0.1) is 0 Å². The Hall–Kier alpha value is -2.39. The van der Waals surface area contributed by atoms with E-state index >= 15 is 0 Å². The highest BCUT2D eigenvalue weighted by Crippen LogP contribution is 2.22. The van der Waals surface area contributed by atoms with Crippen molar-refractivity contribution in [3.05, 3.63) is 42.0 Å². The van der Waals surface area contributed by atoms with Gasteiger partial charge in [-0.1, -0.05) is 0 Å². The lowest BCUT2D eigenvalue weighted by molar-refractivity contribution is 0.0692. The average molecular weight is 310 g/mol. The van der Waals surface area contributed by atoms with Crippen molar-refractivity contribution in [1.29, 1.82) is 0 Å². The van der Waals surface area contributed by atoms with Crippen LogP contribution in [0.15, 0.2) is 35.5 Å². The molecule has 0 fully saturated rings. The number of benzene rings is 1. The number of imidazole rings is 1. The van der Waals surface area contributed by atoms with Crippen molar-refractivity contribution in [3.63, 3.8) is 0 Å². The second-order valence-electron chi connectivity index (χ2n) is 4.36. The fourth-order valence-electron chi connectivity index (χ4n) is 1.79. The Balaban J connectivity index is 2.41. The Kier molecular flexibility index (Phi) is 3.96. The van der Waals surface area contributed by atoms with Gasteiger partial charge in [0.25, 0.3) is 0 Å². The zero-order valence-electron chi connectivity index (χ0n) is 11.1. The van der Waals surface area contributed by atoms with Crippen molar-refractivity contribution in [2.45, 2.75) is 11.4 Å². The molecule has 112 valence electrons. The Bertz CT molecular complexity index is 756. The molecule has 1 aromatic carbocycles. The third-order valence-electron chi connectivity index (χ3n) is 2.85. The molecule has 0 bridgehead atoms. The van der Waals surface area contributed by atoms with Crippen molar-refractivity contribution in [2.75, 3.05) is 12.8 Å². The molecule has 0 aliphatic rings. The predicted octanol–water partition coefficient (Wildman–Crippen LogP) is 0.511. The Morgan fingerprint density at radius 2 is 2.19 bits per heavy atom. The first-order chi connectivity index (χ1) is 9.82. The summed E-state index contributed by atoms with van der Waals surface area (Å²) in [5.74, 6) is -0.902. The van der Waals surface area contributed by atoms with E-state index in [2.05, 4.69) is 9.97 Å². The van der Waals surface area contributed by atoms with Gasteiger partial charge < -0.3 is 15.8 Å². The molecule has 0 saturated heterocycles. The standard InChI is InChI=1S/C12H14N4O4S/c1-16(7-11-14-4-5-15-11)21(19,20)10-3-2-8(13)6-9(10)12(17)18/h2-6H,7,13H2,1H3,(H,14,15)(H,17,18). The van der Waals surface area contributed by atoms with Crippen LogP contribution in [0, 0.1) is 0 Å². The molecule has 0 atom stereocenters. The first-order valence-corrected chi connectivity index (χ1v) is 7.34. The van der Waals surface area contributed by atoms with Gasteiger partial charge in [0.2, 0.25) is 10.0 Å². The molecule has 0 radical (unpaired) electrons. The number of nitrogens with zero attached hydrogens (tertiary/aromatic N) is 2. The van der Waals surface area contributed by atoms with Crippen LogP contribution in [0.5, 0.6) is 0 Å². The molecule has 21 heavy (non-hydrogen) atoms. The Labute approximate surface area is 121 Å². The molecule has 0 amide bonds. The molecular formula is C12H14N4O4S. The molecular weight excluding hydrogens is 296 g/mol. The summed E-state index contributed by atoms with van der Waals surface area (Å²) >= 11 is 0. The van der Waals surface area contributed by atoms with Gasteiger partial charge in [-0.25, -0.2) is 18.2 Å². The number of H-pyrrole nitrogens is 1. The summed E-state index contributed by atoms with van der Waals surface area (Å²) in [6.07, 6.45) is 3.07. The number of nitrogens with one attached hydrogen (secondary N) is 1. The normalized spacial score (nSPS) is 11.7. The highest BCUT2D eigenvalue weighted by Gasteiger charge is 2.27. The number of nitrogens with two attached hydrogens (primary N) is 1. The SMILES string of the molecule is CN(Cc1ncc[nH]1)S(=O)(=O)c1ccc(N)cc1C(=O)O. The quantitative estimate of drug-likeness (QED) is 0.690. The molecule has 1 heterocycles. The van der Waals surface area contributed by atoms with E-state index in [9.17, 15) is 13.2 Å². The van der Waals surface area contributed by atoms with E-state index in [-0.39, 0.29) is 22.7 Å². The van der Waals surface area contributed by atoms with Gasteiger partial charge in [0, 0.05) is 25.1 Å². The summed E-state index contributed by atoms with van der Waals surface area (Å²) in [4.78, 5) is 17.6. The second-order valence-corrected chi connectivity index (χ2v) is 6.37. The minimum Gasteiger partial charge on any atom is -0.478 e. The Morgan fingerprint density at radius 1 is 1.48 bits per heavy atom. The van der Waals surface area contributed by atoms with Gasteiger partial charge >= 0.3 is 5.97 Å². The summed E-state index contributed by atoms with van der Waals surface area (Å²) in [5, 5.41) is 9.13. The first-order valence-electron chi connectivity index (χ1n) is 5.90.